The van der Waals surface area contributed by atoms with Crippen molar-refractivity contribution in [2.24, 2.45) is 17.8 Å². The number of hydrogen-bond acceptors (Lipinski definition) is 5. The lowest BCUT2D eigenvalue weighted by Crippen LogP contribution is -2.30. The lowest BCUT2D eigenvalue weighted by Gasteiger charge is -2.34. The topological polar surface area (TPSA) is 102 Å². The smallest absolute Gasteiger partial charge is 0.298 e. The van der Waals surface area contributed by atoms with Crippen LogP contribution in [0.25, 0.3) is 21.9 Å². The number of aromatic amines is 1. The molecule has 2 aromatic carbocycles. The fourth-order valence-electron chi connectivity index (χ4n) is 6.32. The number of fused-ring (bicyclic) bond motifs is 1. The average Bonchev–Trinajstić information content (AvgIpc) is 3.51. The lowest BCUT2D eigenvalue weighted by molar-refractivity contribution is -0.122. The summed E-state index contributed by atoms with van der Waals surface area (Å²) < 4.78 is 12.9. The van der Waals surface area contributed by atoms with Crippen LogP contribution in [0.1, 0.15) is 62.3 Å². The highest BCUT2D eigenvalue weighted by atomic mass is 16.5. The highest BCUT2D eigenvalue weighted by Crippen LogP contribution is 2.43. The molecule has 0 radical (unpaired) electrons. The highest BCUT2D eigenvalue weighted by Gasteiger charge is 2.32. The molecular formula is C34H39N5O4. The lowest BCUT2D eigenvalue weighted by atomic mass is 9.71. The summed E-state index contributed by atoms with van der Waals surface area (Å²) in [4.78, 5) is 33.2. The summed E-state index contributed by atoms with van der Waals surface area (Å²) in [5.41, 5.74) is 6.04. The van der Waals surface area contributed by atoms with Gasteiger partial charge in [0.05, 0.1) is 6.57 Å². The number of carbonyl (C=O) groups excluding carboxylic acids is 2. The van der Waals surface area contributed by atoms with Gasteiger partial charge >= 0.3 is 0 Å². The maximum Gasteiger partial charge on any atom is 0.298 e. The third kappa shape index (κ3) is 6.00. The van der Waals surface area contributed by atoms with E-state index in [1.165, 1.54) is 6.42 Å². The van der Waals surface area contributed by atoms with Gasteiger partial charge in [0.1, 0.15) is 11.4 Å². The van der Waals surface area contributed by atoms with Gasteiger partial charge in [0, 0.05) is 16.8 Å². The molecule has 0 bridgehead atoms. The van der Waals surface area contributed by atoms with Crippen LogP contribution in [0, 0.1) is 45.1 Å². The summed E-state index contributed by atoms with van der Waals surface area (Å²) in [5, 5.41) is 6.23. The summed E-state index contributed by atoms with van der Waals surface area (Å²) in [7, 11) is 0. The van der Waals surface area contributed by atoms with E-state index in [9.17, 15) is 9.59 Å². The standard InChI is InChI=1S/C34H39N5O4/c1-19-11-14-29(23(5)15-19)43-24(6)33(41)36-28-16-25(13-12-22(28)4)31-37-32-27(17-26-20(2)9-8-10-21(26)3)30(35-7)34(42-18-40)39(32)38-31/h11-16,18,20-21,24,26H,8-10,17H2,1-6H3,(H,36,41)(H,37,38). The molecule has 9 heteroatoms. The van der Waals surface area contributed by atoms with Crippen LogP contribution < -0.4 is 14.8 Å². The number of amides is 1. The molecule has 0 spiro atoms. The summed E-state index contributed by atoms with van der Waals surface area (Å²) >= 11 is 0. The SMILES string of the molecule is [C-]#[N+]c1c(CC2C(C)CCCC2C)c2nc(-c3ccc(C)c(NC(=O)C(C)Oc4ccc(C)cc4C)c3)[nH]n2c1OC=O. The van der Waals surface area contributed by atoms with E-state index in [1.807, 2.05) is 57.2 Å². The molecule has 2 heterocycles. The van der Waals surface area contributed by atoms with Crippen LogP contribution >= 0.6 is 0 Å². The predicted molar refractivity (Wildman–Crippen MR) is 167 cm³/mol. The van der Waals surface area contributed by atoms with Crippen molar-refractivity contribution in [3.05, 3.63) is 70.1 Å². The van der Waals surface area contributed by atoms with Gasteiger partial charge in [0.25, 0.3) is 18.1 Å². The Morgan fingerprint density at radius 2 is 1.91 bits per heavy atom. The molecule has 1 aliphatic carbocycles. The quantitative estimate of drug-likeness (QED) is 0.159. The van der Waals surface area contributed by atoms with E-state index >= 15 is 0 Å². The van der Waals surface area contributed by atoms with Crippen molar-refractivity contribution in [1.29, 1.82) is 0 Å². The van der Waals surface area contributed by atoms with E-state index in [-0.39, 0.29) is 11.8 Å². The van der Waals surface area contributed by atoms with Crippen molar-refractivity contribution in [2.45, 2.75) is 73.3 Å². The molecule has 1 saturated carbocycles. The number of aromatic nitrogens is 3. The summed E-state index contributed by atoms with van der Waals surface area (Å²) in [6.45, 7) is 20.4. The second-order valence-corrected chi connectivity index (χ2v) is 12.0. The van der Waals surface area contributed by atoms with Gasteiger partial charge in [0.15, 0.2) is 11.9 Å². The Bertz CT molecular complexity index is 1700. The molecule has 1 aliphatic rings. The van der Waals surface area contributed by atoms with Crippen molar-refractivity contribution >= 4 is 29.4 Å². The average molecular weight is 582 g/mol. The molecule has 1 fully saturated rings. The Hall–Kier alpha value is -4.58. The van der Waals surface area contributed by atoms with Crippen LogP contribution in [0.3, 0.4) is 0 Å². The fraction of sp³-hybridized carbons (Fsp3) is 0.412. The monoisotopic (exact) mass is 581 g/mol. The molecule has 43 heavy (non-hydrogen) atoms. The van der Waals surface area contributed by atoms with Gasteiger partial charge in [-0.3, -0.25) is 14.7 Å². The van der Waals surface area contributed by atoms with Gasteiger partial charge in [-0.1, -0.05) is 62.9 Å². The molecule has 9 nitrogen and oxygen atoms in total. The van der Waals surface area contributed by atoms with Gasteiger partial charge in [-0.15, -0.1) is 0 Å². The predicted octanol–water partition coefficient (Wildman–Crippen LogP) is 7.36. The zero-order valence-corrected chi connectivity index (χ0v) is 25.7. The number of hydrogen-bond donors (Lipinski definition) is 2. The first-order valence-electron chi connectivity index (χ1n) is 14.9. The Morgan fingerprint density at radius 3 is 2.58 bits per heavy atom. The number of H-pyrrole nitrogens is 1. The number of nitrogens with zero attached hydrogens (tertiary/aromatic N) is 3. The van der Waals surface area contributed by atoms with Crippen molar-refractivity contribution in [2.75, 3.05) is 5.32 Å². The van der Waals surface area contributed by atoms with Crippen molar-refractivity contribution in [1.82, 2.24) is 14.6 Å². The second-order valence-electron chi connectivity index (χ2n) is 12.0. The van der Waals surface area contributed by atoms with Gasteiger partial charge in [-0.05, 0) is 75.1 Å². The van der Waals surface area contributed by atoms with Crippen LogP contribution in [0.4, 0.5) is 11.4 Å². The molecule has 224 valence electrons. The molecule has 3 unspecified atom stereocenters. The highest BCUT2D eigenvalue weighted by molar-refractivity contribution is 5.95. The largest absolute Gasteiger partial charge is 0.481 e. The van der Waals surface area contributed by atoms with Crippen molar-refractivity contribution in [3.8, 4) is 23.0 Å². The first kappa shape index (κ1) is 29.9. The van der Waals surface area contributed by atoms with E-state index in [2.05, 4.69) is 29.1 Å². The molecule has 0 saturated heterocycles. The van der Waals surface area contributed by atoms with E-state index in [0.29, 0.717) is 59.2 Å². The third-order valence-electron chi connectivity index (χ3n) is 8.87. The summed E-state index contributed by atoms with van der Waals surface area (Å²) in [5.74, 6) is 2.52. The summed E-state index contributed by atoms with van der Waals surface area (Å²) in [6.07, 6.45) is 3.51. The van der Waals surface area contributed by atoms with Crippen LogP contribution in [0.15, 0.2) is 36.4 Å². The number of rotatable bonds is 9. The van der Waals surface area contributed by atoms with Gasteiger partial charge in [-0.2, -0.15) is 0 Å². The Balaban J connectivity index is 1.45. The Kier molecular flexibility index (Phi) is 8.58. The number of ether oxygens (including phenoxy) is 2. The molecule has 4 aromatic rings. The van der Waals surface area contributed by atoms with Crippen LogP contribution in [0.2, 0.25) is 0 Å². The minimum Gasteiger partial charge on any atom is -0.481 e. The normalized spacial score (nSPS) is 19.0. The van der Waals surface area contributed by atoms with Crippen molar-refractivity contribution in [3.63, 3.8) is 0 Å². The first-order valence-corrected chi connectivity index (χ1v) is 14.9. The molecule has 2 N–H and O–H groups in total. The van der Waals surface area contributed by atoms with E-state index in [1.54, 1.807) is 11.4 Å². The van der Waals surface area contributed by atoms with Crippen LogP contribution in [-0.4, -0.2) is 33.1 Å². The second kappa shape index (κ2) is 12.3. The maximum atomic E-state index is 13.1. The minimum atomic E-state index is -0.714. The molecule has 1 amide bonds. The molecular weight excluding hydrogens is 542 g/mol. The summed E-state index contributed by atoms with van der Waals surface area (Å²) in [6, 6.07) is 11.5. The van der Waals surface area contributed by atoms with Crippen LogP contribution in [-0.2, 0) is 16.0 Å². The zero-order chi connectivity index (χ0) is 30.8. The molecule has 5 rings (SSSR count). The number of benzene rings is 2. The minimum absolute atomic E-state index is 0.142. The van der Waals surface area contributed by atoms with E-state index in [4.69, 9.17) is 21.0 Å². The van der Waals surface area contributed by atoms with Gasteiger partial charge in [0.2, 0.25) is 5.88 Å². The number of aryl methyl sites for hydroxylation is 3. The fourth-order valence-corrected chi connectivity index (χ4v) is 6.32. The number of nitrogens with one attached hydrogen (secondary N) is 2. The van der Waals surface area contributed by atoms with E-state index < -0.39 is 6.10 Å². The number of anilines is 1. The van der Waals surface area contributed by atoms with Crippen molar-refractivity contribution < 1.29 is 19.1 Å². The van der Waals surface area contributed by atoms with Gasteiger partial charge in [-0.25, -0.2) is 14.3 Å². The Morgan fingerprint density at radius 1 is 1.16 bits per heavy atom. The van der Waals surface area contributed by atoms with Gasteiger partial charge < -0.3 is 14.8 Å². The third-order valence-corrected chi connectivity index (χ3v) is 8.87. The maximum absolute atomic E-state index is 13.1. The molecule has 2 aromatic heterocycles. The number of carbonyl (C=O) groups is 2. The first-order chi connectivity index (χ1) is 20.6. The van der Waals surface area contributed by atoms with Crippen LogP contribution in [0.5, 0.6) is 11.6 Å². The zero-order valence-electron chi connectivity index (χ0n) is 25.7. The molecule has 0 aliphatic heterocycles. The molecule has 3 atom stereocenters. The Labute approximate surface area is 252 Å². The van der Waals surface area contributed by atoms with E-state index in [0.717, 1.165) is 40.7 Å².